The number of hydrogen-bond donors (Lipinski definition) is 2. The molecule has 1 amide bonds. The number of nitrogens with two attached hydrogens (primary N) is 1. The molecule has 28 heavy (non-hydrogen) atoms. The van der Waals surface area contributed by atoms with Crippen LogP contribution >= 0.6 is 0 Å². The van der Waals surface area contributed by atoms with Crippen LogP contribution in [0.2, 0.25) is 0 Å². The fraction of sp³-hybridized carbons (Fsp3) is 0.708. The van der Waals surface area contributed by atoms with Crippen LogP contribution in [0.15, 0.2) is 30.3 Å². The topological polar surface area (TPSA) is 55.1 Å². The minimum Gasteiger partial charge on any atom is -0.353 e. The molecule has 3 N–H and O–H groups in total. The Balaban J connectivity index is 1.41. The number of carbonyl (C=O) groups is 1. The van der Waals surface area contributed by atoms with Crippen LogP contribution in [-0.2, 0) is 10.2 Å². The number of nitrogens with one attached hydrogen (secondary N) is 1. The van der Waals surface area contributed by atoms with E-state index < -0.39 is 10.8 Å². The summed E-state index contributed by atoms with van der Waals surface area (Å²) in [7, 11) is 0. The van der Waals surface area contributed by atoms with Crippen molar-refractivity contribution in [3.63, 3.8) is 0 Å². The van der Waals surface area contributed by atoms with Crippen LogP contribution < -0.4 is 11.1 Å². The van der Waals surface area contributed by atoms with Crippen molar-refractivity contribution >= 4 is 5.91 Å². The number of rotatable bonds is 5. The molecule has 0 heterocycles. The number of alkyl halides is 1. The van der Waals surface area contributed by atoms with Crippen molar-refractivity contribution in [2.45, 2.75) is 69.2 Å². The van der Waals surface area contributed by atoms with Gasteiger partial charge in [-0.3, -0.25) is 9.18 Å². The Bertz CT molecular complexity index is 746. The molecule has 0 spiro atoms. The maximum atomic E-state index is 14.6. The van der Waals surface area contributed by atoms with Gasteiger partial charge in [0.1, 0.15) is 0 Å². The smallest absolute Gasteiger partial charge is 0.227 e. The molecule has 5 aliphatic rings. The van der Waals surface area contributed by atoms with E-state index in [0.29, 0.717) is 11.8 Å². The predicted molar refractivity (Wildman–Crippen MR) is 108 cm³/mol. The zero-order valence-corrected chi connectivity index (χ0v) is 16.8. The largest absolute Gasteiger partial charge is 0.353 e. The first-order valence-electron chi connectivity index (χ1n) is 11.2. The van der Waals surface area contributed by atoms with Crippen LogP contribution in [0.5, 0.6) is 0 Å². The summed E-state index contributed by atoms with van der Waals surface area (Å²) >= 11 is 0. The minimum atomic E-state index is -0.509. The van der Waals surface area contributed by atoms with Gasteiger partial charge in [0.2, 0.25) is 5.91 Å². The monoisotopic (exact) mass is 384 g/mol. The molecular formula is C24H33FN2O. The lowest BCUT2D eigenvalue weighted by molar-refractivity contribution is -0.138. The Morgan fingerprint density at radius 1 is 1.07 bits per heavy atom. The van der Waals surface area contributed by atoms with Crippen molar-refractivity contribution in [1.82, 2.24) is 5.32 Å². The molecular weight excluding hydrogens is 351 g/mol. The van der Waals surface area contributed by atoms with Crippen molar-refractivity contribution in [1.29, 1.82) is 0 Å². The summed E-state index contributed by atoms with van der Waals surface area (Å²) in [6, 6.07) is 10.8. The van der Waals surface area contributed by atoms with Gasteiger partial charge in [0.05, 0.1) is 12.1 Å². The Kier molecular flexibility index (Phi) is 4.35. The maximum Gasteiger partial charge on any atom is 0.227 e. The summed E-state index contributed by atoms with van der Waals surface area (Å²) in [6.45, 7) is 0.391. The van der Waals surface area contributed by atoms with Gasteiger partial charge in [-0.2, -0.15) is 0 Å². The van der Waals surface area contributed by atoms with Crippen molar-refractivity contribution in [2.24, 2.45) is 28.4 Å². The van der Waals surface area contributed by atoms with Crippen LogP contribution in [0.25, 0.3) is 0 Å². The summed E-state index contributed by atoms with van der Waals surface area (Å²) in [5.74, 6) is 1.24. The molecule has 1 aromatic rings. The van der Waals surface area contributed by atoms with Crippen LogP contribution in [-0.4, -0.2) is 25.2 Å². The molecule has 0 aromatic heterocycles. The first kappa shape index (κ1) is 18.6. The van der Waals surface area contributed by atoms with Crippen molar-refractivity contribution < 1.29 is 9.18 Å². The standard InChI is InChI=1S/C24H33FN2O/c25-16-23-11-18-10-22(14-23,19-4-2-1-3-5-19)15-24(23,12-18)21(28)27-20-8-6-17(13-26)7-9-20/h1-5,17-18,20H,6-16,26H2,(H,27,28)/t17-,18?,20+,22-,23-,24?/m1/s1. The second-order valence-electron chi connectivity index (χ2n) is 10.4. The molecule has 3 nitrogen and oxygen atoms in total. The van der Waals surface area contributed by atoms with E-state index in [1.807, 2.05) is 6.07 Å². The Hall–Kier alpha value is -1.42. The molecule has 0 saturated heterocycles. The Morgan fingerprint density at radius 2 is 1.82 bits per heavy atom. The maximum absolute atomic E-state index is 14.6. The molecule has 5 aliphatic carbocycles. The van der Waals surface area contributed by atoms with E-state index in [1.54, 1.807) is 0 Å². The van der Waals surface area contributed by atoms with E-state index in [4.69, 9.17) is 5.73 Å². The summed E-state index contributed by atoms with van der Waals surface area (Å²) in [4.78, 5) is 13.7. The summed E-state index contributed by atoms with van der Waals surface area (Å²) in [5, 5.41) is 3.39. The third kappa shape index (κ3) is 2.52. The highest BCUT2D eigenvalue weighted by molar-refractivity contribution is 5.86. The third-order valence-corrected chi connectivity index (χ3v) is 8.92. The number of amides is 1. The zero-order valence-electron chi connectivity index (χ0n) is 16.8. The summed E-state index contributed by atoms with van der Waals surface area (Å²) in [5.41, 5.74) is 6.16. The van der Waals surface area contributed by atoms with Crippen molar-refractivity contribution in [2.75, 3.05) is 13.2 Å². The van der Waals surface area contributed by atoms with E-state index in [1.165, 1.54) is 5.56 Å². The van der Waals surface area contributed by atoms with E-state index in [9.17, 15) is 9.18 Å². The Morgan fingerprint density at radius 3 is 2.50 bits per heavy atom. The summed E-state index contributed by atoms with van der Waals surface area (Å²) in [6.07, 6.45) is 8.78. The SMILES string of the molecule is NC[C@H]1CC[C@@H](NC(=O)C23CC4C[C@](c5ccccc5)(C2)C[C@@]3(CF)C4)CC1. The fourth-order valence-electron chi connectivity index (χ4n) is 7.78. The van der Waals surface area contributed by atoms with Gasteiger partial charge in [-0.15, -0.1) is 0 Å². The molecule has 5 saturated carbocycles. The lowest BCUT2D eigenvalue weighted by atomic mass is 9.63. The van der Waals surface area contributed by atoms with Gasteiger partial charge in [-0.05, 0) is 87.1 Å². The van der Waals surface area contributed by atoms with Gasteiger partial charge in [0.15, 0.2) is 0 Å². The average molecular weight is 385 g/mol. The van der Waals surface area contributed by atoms with E-state index in [0.717, 1.165) is 64.3 Å². The van der Waals surface area contributed by atoms with E-state index in [-0.39, 0.29) is 24.0 Å². The highest BCUT2D eigenvalue weighted by atomic mass is 19.1. The molecule has 1 aromatic carbocycles. The number of benzene rings is 1. The van der Waals surface area contributed by atoms with Gasteiger partial charge in [-0.25, -0.2) is 0 Å². The van der Waals surface area contributed by atoms with Crippen LogP contribution in [0.4, 0.5) is 4.39 Å². The quantitative estimate of drug-likeness (QED) is 0.803. The van der Waals surface area contributed by atoms with Crippen molar-refractivity contribution in [3.05, 3.63) is 35.9 Å². The van der Waals surface area contributed by atoms with E-state index >= 15 is 0 Å². The second kappa shape index (κ2) is 6.55. The summed E-state index contributed by atoms with van der Waals surface area (Å²) < 4.78 is 14.6. The van der Waals surface area contributed by atoms with Gasteiger partial charge in [0.25, 0.3) is 0 Å². The molecule has 0 aliphatic heterocycles. The lowest BCUT2D eigenvalue weighted by Gasteiger charge is -2.41. The van der Waals surface area contributed by atoms with Gasteiger partial charge in [-0.1, -0.05) is 30.3 Å². The van der Waals surface area contributed by atoms with E-state index in [2.05, 4.69) is 29.6 Å². The fourth-order valence-corrected chi connectivity index (χ4v) is 7.78. The molecule has 6 rings (SSSR count). The van der Waals surface area contributed by atoms with Crippen LogP contribution in [0.1, 0.15) is 63.4 Å². The first-order valence-corrected chi connectivity index (χ1v) is 11.2. The van der Waals surface area contributed by atoms with Crippen LogP contribution in [0.3, 0.4) is 0 Å². The van der Waals surface area contributed by atoms with Gasteiger partial charge >= 0.3 is 0 Å². The highest BCUT2D eigenvalue weighted by Crippen LogP contribution is 2.76. The zero-order chi connectivity index (χ0) is 19.4. The number of halogens is 1. The number of carbonyl (C=O) groups excluding carboxylic acids is 1. The molecule has 4 atom stereocenters. The normalized spacial score (nSPS) is 44.0. The predicted octanol–water partition coefficient (Wildman–Crippen LogP) is 4.11. The second-order valence-corrected chi connectivity index (χ2v) is 10.4. The number of hydrogen-bond acceptors (Lipinski definition) is 2. The average Bonchev–Trinajstić information content (AvgIpc) is 3.09. The lowest BCUT2D eigenvalue weighted by Crippen LogP contribution is -2.51. The van der Waals surface area contributed by atoms with Gasteiger partial charge < -0.3 is 11.1 Å². The van der Waals surface area contributed by atoms with Crippen LogP contribution in [0, 0.1) is 22.7 Å². The minimum absolute atomic E-state index is 0.0108. The molecule has 0 radical (unpaired) electrons. The first-order chi connectivity index (χ1) is 13.5. The molecule has 5 fully saturated rings. The third-order valence-electron chi connectivity index (χ3n) is 8.92. The highest BCUT2D eigenvalue weighted by Gasteiger charge is 2.74. The van der Waals surface area contributed by atoms with Crippen molar-refractivity contribution in [3.8, 4) is 0 Å². The van der Waals surface area contributed by atoms with Gasteiger partial charge in [0, 0.05) is 11.5 Å². The molecule has 4 heteroatoms. The molecule has 4 bridgehead atoms. The molecule has 152 valence electrons. The Labute approximate surface area is 167 Å². The molecule has 2 unspecified atom stereocenters.